The zero-order valence-electron chi connectivity index (χ0n) is 9.34. The normalized spacial score (nSPS) is 10.4. The predicted octanol–water partition coefficient (Wildman–Crippen LogP) is 2.78. The summed E-state index contributed by atoms with van der Waals surface area (Å²) in [6, 6.07) is 6.75. The number of aromatic amines is 1. The minimum atomic E-state index is -0.186. The summed E-state index contributed by atoms with van der Waals surface area (Å²) in [5, 5.41) is 10.1. The van der Waals surface area contributed by atoms with Crippen LogP contribution in [0.5, 0.6) is 0 Å². The van der Waals surface area contributed by atoms with Crippen molar-refractivity contribution in [1.29, 1.82) is 0 Å². The summed E-state index contributed by atoms with van der Waals surface area (Å²) in [6.07, 6.45) is 0. The molecule has 0 fully saturated rings. The molecule has 1 aromatic heterocycles. The molecular weight excluding hydrogens is 205 g/mol. The van der Waals surface area contributed by atoms with Crippen LogP contribution in [0.4, 0.5) is 10.1 Å². The van der Waals surface area contributed by atoms with E-state index in [0.29, 0.717) is 12.1 Å². The average Bonchev–Trinajstić information content (AvgIpc) is 2.58. The number of aryl methyl sites for hydroxylation is 2. The molecule has 0 aliphatic rings. The van der Waals surface area contributed by atoms with Crippen molar-refractivity contribution in [3.05, 3.63) is 47.0 Å². The molecule has 2 rings (SSSR count). The molecule has 2 aromatic rings. The Kier molecular flexibility index (Phi) is 2.90. The highest BCUT2D eigenvalue weighted by Gasteiger charge is 2.06. The molecule has 0 amide bonds. The highest BCUT2D eigenvalue weighted by Crippen LogP contribution is 2.17. The van der Waals surface area contributed by atoms with E-state index in [4.69, 9.17) is 0 Å². The van der Waals surface area contributed by atoms with Gasteiger partial charge in [-0.15, -0.1) is 0 Å². The van der Waals surface area contributed by atoms with E-state index in [1.165, 1.54) is 6.07 Å². The van der Waals surface area contributed by atoms with Gasteiger partial charge >= 0.3 is 0 Å². The molecule has 2 N–H and O–H groups in total. The minimum absolute atomic E-state index is 0.186. The van der Waals surface area contributed by atoms with Crippen molar-refractivity contribution in [2.45, 2.75) is 20.4 Å². The Labute approximate surface area is 93.7 Å². The van der Waals surface area contributed by atoms with Gasteiger partial charge in [-0.3, -0.25) is 5.10 Å². The molecule has 0 aliphatic carbocycles. The van der Waals surface area contributed by atoms with Crippen molar-refractivity contribution in [2.24, 2.45) is 0 Å². The van der Waals surface area contributed by atoms with Crippen LogP contribution in [0.3, 0.4) is 0 Å². The van der Waals surface area contributed by atoms with Crippen molar-refractivity contribution in [3.63, 3.8) is 0 Å². The molecule has 0 radical (unpaired) electrons. The van der Waals surface area contributed by atoms with Crippen molar-refractivity contribution in [2.75, 3.05) is 5.32 Å². The summed E-state index contributed by atoms with van der Waals surface area (Å²) < 4.78 is 13.4. The van der Waals surface area contributed by atoms with Crippen molar-refractivity contribution in [3.8, 4) is 0 Å². The molecule has 0 atom stereocenters. The van der Waals surface area contributed by atoms with E-state index < -0.39 is 0 Å². The first kappa shape index (κ1) is 10.7. The summed E-state index contributed by atoms with van der Waals surface area (Å²) in [7, 11) is 0. The molecule has 1 heterocycles. The van der Waals surface area contributed by atoms with Gasteiger partial charge in [0.05, 0.1) is 17.1 Å². The Bertz CT molecular complexity index is 471. The summed E-state index contributed by atoms with van der Waals surface area (Å²) in [5.74, 6) is -0.186. The number of hydrogen-bond donors (Lipinski definition) is 2. The lowest BCUT2D eigenvalue weighted by molar-refractivity contribution is 0.613. The molecule has 0 unspecified atom stereocenters. The molecule has 0 bridgehead atoms. The van der Waals surface area contributed by atoms with Crippen molar-refractivity contribution in [1.82, 2.24) is 10.2 Å². The minimum Gasteiger partial charge on any atom is -0.378 e. The third-order valence-corrected chi connectivity index (χ3v) is 2.54. The molecule has 3 nitrogen and oxygen atoms in total. The van der Waals surface area contributed by atoms with Gasteiger partial charge in [-0.25, -0.2) is 4.39 Å². The van der Waals surface area contributed by atoms with Gasteiger partial charge in [-0.2, -0.15) is 5.10 Å². The maximum Gasteiger partial charge on any atom is 0.128 e. The number of nitrogens with zero attached hydrogens (tertiary/aromatic N) is 1. The molecule has 0 aliphatic heterocycles. The monoisotopic (exact) mass is 219 g/mol. The molecule has 0 saturated heterocycles. The van der Waals surface area contributed by atoms with Gasteiger partial charge in [-0.05, 0) is 19.9 Å². The highest BCUT2D eigenvalue weighted by molar-refractivity contribution is 5.51. The number of hydrogen-bond acceptors (Lipinski definition) is 2. The molecule has 84 valence electrons. The molecule has 0 saturated carbocycles. The largest absolute Gasteiger partial charge is 0.378 e. The van der Waals surface area contributed by atoms with E-state index in [1.807, 2.05) is 19.9 Å². The van der Waals surface area contributed by atoms with Crippen molar-refractivity contribution < 1.29 is 4.39 Å². The van der Waals surface area contributed by atoms with Crippen LogP contribution in [0.25, 0.3) is 0 Å². The summed E-state index contributed by atoms with van der Waals surface area (Å²) in [5.41, 5.74) is 3.47. The van der Waals surface area contributed by atoms with Crippen LogP contribution in [0.1, 0.15) is 17.0 Å². The zero-order valence-corrected chi connectivity index (χ0v) is 9.34. The van der Waals surface area contributed by atoms with Gasteiger partial charge in [0.25, 0.3) is 0 Å². The molecule has 16 heavy (non-hydrogen) atoms. The number of rotatable bonds is 3. The fourth-order valence-electron chi connectivity index (χ4n) is 1.64. The number of aromatic nitrogens is 2. The molecule has 4 heteroatoms. The Balaban J connectivity index is 2.11. The van der Waals surface area contributed by atoms with E-state index in [9.17, 15) is 4.39 Å². The van der Waals surface area contributed by atoms with E-state index in [2.05, 4.69) is 15.5 Å². The first-order valence-electron chi connectivity index (χ1n) is 5.17. The van der Waals surface area contributed by atoms with Crippen LogP contribution in [-0.2, 0) is 6.54 Å². The van der Waals surface area contributed by atoms with Gasteiger partial charge in [0, 0.05) is 12.1 Å². The van der Waals surface area contributed by atoms with Gasteiger partial charge in [0.1, 0.15) is 5.82 Å². The Hall–Kier alpha value is -1.84. The standard InChI is InChI=1S/C12H14FN3/c1-8-12(9(2)16-15-8)14-7-10-5-3-4-6-11(10)13/h3-6,14H,7H2,1-2H3,(H,15,16). The second-order valence-corrected chi connectivity index (χ2v) is 3.75. The second kappa shape index (κ2) is 4.35. The Morgan fingerprint density at radius 3 is 2.69 bits per heavy atom. The van der Waals surface area contributed by atoms with Crippen molar-refractivity contribution >= 4 is 5.69 Å². The Morgan fingerprint density at radius 2 is 2.06 bits per heavy atom. The predicted molar refractivity (Wildman–Crippen MR) is 61.8 cm³/mol. The lowest BCUT2D eigenvalue weighted by Crippen LogP contribution is -2.02. The smallest absolute Gasteiger partial charge is 0.128 e. The first-order valence-corrected chi connectivity index (χ1v) is 5.17. The van der Waals surface area contributed by atoms with E-state index in [-0.39, 0.29) is 5.82 Å². The summed E-state index contributed by atoms with van der Waals surface area (Å²) in [6.45, 7) is 4.31. The quantitative estimate of drug-likeness (QED) is 0.833. The van der Waals surface area contributed by atoms with Crippen LogP contribution in [-0.4, -0.2) is 10.2 Å². The number of H-pyrrole nitrogens is 1. The van der Waals surface area contributed by atoms with E-state index >= 15 is 0 Å². The third-order valence-electron chi connectivity index (χ3n) is 2.54. The maximum atomic E-state index is 13.4. The average molecular weight is 219 g/mol. The van der Waals surface area contributed by atoms with Gasteiger partial charge < -0.3 is 5.32 Å². The molecular formula is C12H14FN3. The number of benzene rings is 1. The van der Waals surface area contributed by atoms with Crippen LogP contribution < -0.4 is 5.32 Å². The summed E-state index contributed by atoms with van der Waals surface area (Å²) >= 11 is 0. The Morgan fingerprint density at radius 1 is 1.31 bits per heavy atom. The topological polar surface area (TPSA) is 40.7 Å². The van der Waals surface area contributed by atoms with Gasteiger partial charge in [-0.1, -0.05) is 18.2 Å². The van der Waals surface area contributed by atoms with Gasteiger partial charge in [0.2, 0.25) is 0 Å². The van der Waals surface area contributed by atoms with Crippen LogP contribution in [0, 0.1) is 19.7 Å². The zero-order chi connectivity index (χ0) is 11.5. The van der Waals surface area contributed by atoms with E-state index in [1.54, 1.807) is 12.1 Å². The molecule has 1 aromatic carbocycles. The first-order chi connectivity index (χ1) is 7.68. The number of nitrogens with one attached hydrogen (secondary N) is 2. The fraction of sp³-hybridized carbons (Fsp3) is 0.250. The summed E-state index contributed by atoms with van der Waals surface area (Å²) in [4.78, 5) is 0. The second-order valence-electron chi connectivity index (χ2n) is 3.75. The van der Waals surface area contributed by atoms with Gasteiger partial charge in [0.15, 0.2) is 0 Å². The van der Waals surface area contributed by atoms with Crippen LogP contribution in [0.15, 0.2) is 24.3 Å². The van der Waals surface area contributed by atoms with Crippen LogP contribution >= 0.6 is 0 Å². The highest BCUT2D eigenvalue weighted by atomic mass is 19.1. The SMILES string of the molecule is Cc1n[nH]c(C)c1NCc1ccccc1F. The maximum absolute atomic E-state index is 13.4. The number of halogens is 1. The number of anilines is 1. The lowest BCUT2D eigenvalue weighted by Gasteiger charge is -2.07. The lowest BCUT2D eigenvalue weighted by atomic mass is 10.2. The fourth-order valence-corrected chi connectivity index (χ4v) is 1.64. The molecule has 0 spiro atoms. The third kappa shape index (κ3) is 2.05. The van der Waals surface area contributed by atoms with Crippen LogP contribution in [0.2, 0.25) is 0 Å². The van der Waals surface area contributed by atoms with E-state index in [0.717, 1.165) is 17.1 Å².